The molecule has 2 aromatic carbocycles. The van der Waals surface area contributed by atoms with Crippen LogP contribution in [0.3, 0.4) is 0 Å². The van der Waals surface area contributed by atoms with Crippen LogP contribution in [0, 0.1) is 11.7 Å². The van der Waals surface area contributed by atoms with Crippen molar-refractivity contribution in [2.24, 2.45) is 11.7 Å². The Kier molecular flexibility index (Phi) is 7.33. The fourth-order valence-electron chi connectivity index (χ4n) is 4.22. The summed E-state index contributed by atoms with van der Waals surface area (Å²) in [5.41, 5.74) is 6.83. The number of hydrogen-bond donors (Lipinski definition) is 2. The van der Waals surface area contributed by atoms with Gasteiger partial charge in [-0.3, -0.25) is 4.79 Å². The van der Waals surface area contributed by atoms with Crippen molar-refractivity contribution < 1.29 is 23.4 Å². The monoisotopic (exact) mass is 488 g/mol. The number of nitrogens with two attached hydrogens (primary N) is 1. The first-order valence-electron chi connectivity index (χ1n) is 10.9. The van der Waals surface area contributed by atoms with Gasteiger partial charge in [-0.05, 0) is 49.8 Å². The van der Waals surface area contributed by atoms with Crippen molar-refractivity contribution in [1.82, 2.24) is 9.97 Å². The van der Waals surface area contributed by atoms with Crippen molar-refractivity contribution in [3.05, 3.63) is 47.5 Å². The average Bonchev–Trinajstić information content (AvgIpc) is 2.86. The number of nitrogens with zero attached hydrogens (tertiary/aromatic N) is 2. The first-order chi connectivity index (χ1) is 16.4. The molecule has 1 aliphatic rings. The summed E-state index contributed by atoms with van der Waals surface area (Å²) in [5, 5.41) is 3.64. The maximum Gasteiger partial charge on any atom is 0.322 e. The zero-order valence-corrected chi connectivity index (χ0v) is 19.6. The number of halogens is 2. The number of hydrogen-bond acceptors (Lipinski definition) is 8. The molecule has 1 aliphatic carbocycles. The highest BCUT2D eigenvalue weighted by atomic mass is 35.5. The van der Waals surface area contributed by atoms with Crippen molar-refractivity contribution in [2.75, 3.05) is 19.5 Å². The molecule has 0 unspecified atom stereocenters. The van der Waals surface area contributed by atoms with Crippen molar-refractivity contribution in [2.45, 2.75) is 37.8 Å². The number of benzene rings is 2. The summed E-state index contributed by atoms with van der Waals surface area (Å²) in [4.78, 5) is 20.3. The highest BCUT2D eigenvalue weighted by molar-refractivity contribution is 6.31. The van der Waals surface area contributed by atoms with Gasteiger partial charge in [0, 0.05) is 11.5 Å². The number of aromatic nitrogens is 2. The van der Waals surface area contributed by atoms with Crippen LogP contribution in [0.5, 0.6) is 11.5 Å². The molecule has 1 aromatic heterocycles. The number of ether oxygens (including phenoxy) is 3. The van der Waals surface area contributed by atoms with E-state index in [0.29, 0.717) is 28.2 Å². The van der Waals surface area contributed by atoms with Crippen molar-refractivity contribution in [1.29, 1.82) is 0 Å². The summed E-state index contributed by atoms with van der Waals surface area (Å²) in [6.45, 7) is 0. The minimum atomic E-state index is -0.626. The van der Waals surface area contributed by atoms with Crippen LogP contribution in [0.4, 0.5) is 15.9 Å². The van der Waals surface area contributed by atoms with Gasteiger partial charge in [0.25, 0.3) is 0 Å². The molecule has 180 valence electrons. The van der Waals surface area contributed by atoms with Crippen LogP contribution < -0.4 is 20.5 Å². The van der Waals surface area contributed by atoms with E-state index in [1.54, 1.807) is 31.4 Å². The Morgan fingerprint density at radius 3 is 2.65 bits per heavy atom. The van der Waals surface area contributed by atoms with Gasteiger partial charge >= 0.3 is 5.97 Å². The van der Waals surface area contributed by atoms with Crippen LogP contribution in [0.25, 0.3) is 10.9 Å². The summed E-state index contributed by atoms with van der Waals surface area (Å²) in [6.07, 6.45) is 4.29. The van der Waals surface area contributed by atoms with E-state index in [1.165, 1.54) is 19.5 Å². The van der Waals surface area contributed by atoms with Gasteiger partial charge in [0.05, 0.1) is 36.6 Å². The van der Waals surface area contributed by atoms with E-state index in [2.05, 4.69) is 15.3 Å². The van der Waals surface area contributed by atoms with E-state index in [0.717, 1.165) is 25.7 Å². The lowest BCUT2D eigenvalue weighted by Crippen LogP contribution is -2.41. The van der Waals surface area contributed by atoms with E-state index in [4.69, 9.17) is 31.5 Å². The number of fused-ring (bicyclic) bond motifs is 1. The van der Waals surface area contributed by atoms with Gasteiger partial charge in [0.1, 0.15) is 18.2 Å². The van der Waals surface area contributed by atoms with Gasteiger partial charge in [-0.15, -0.1) is 0 Å². The lowest BCUT2D eigenvalue weighted by molar-refractivity contribution is -0.144. The van der Waals surface area contributed by atoms with Gasteiger partial charge in [-0.1, -0.05) is 17.7 Å². The Hall–Kier alpha value is -3.17. The Morgan fingerprint density at radius 1 is 1.18 bits per heavy atom. The standard InChI is InChI=1S/C24H26ClFN4O4/c1-32-19-11-18-15(23(29-12-28-18)30-17-5-3-4-16(25)21(17)26)10-20(19)34-14-8-6-13(7-9-14)22(27)24(31)33-2/h3-5,10-14,22H,6-9,27H2,1-2H3,(H,28,29,30)/t13-,14+,22-/m1/s1. The number of carbonyl (C=O) groups is 1. The highest BCUT2D eigenvalue weighted by Crippen LogP contribution is 2.38. The molecule has 0 saturated heterocycles. The molecule has 4 rings (SSSR count). The number of esters is 1. The third-order valence-corrected chi connectivity index (χ3v) is 6.41. The molecule has 0 bridgehead atoms. The molecule has 0 radical (unpaired) electrons. The van der Waals surface area contributed by atoms with Crippen LogP contribution >= 0.6 is 11.6 Å². The average molecular weight is 489 g/mol. The molecule has 10 heteroatoms. The maximum absolute atomic E-state index is 14.4. The number of carbonyl (C=O) groups excluding carboxylic acids is 1. The SMILES string of the molecule is COC(=O)[C@H](N)[C@H]1CC[C@@H](Oc2cc3c(Nc4cccc(Cl)c4F)ncnc3cc2OC)CC1. The van der Waals surface area contributed by atoms with Gasteiger partial charge in [0.2, 0.25) is 0 Å². The Bertz CT molecular complexity index is 1190. The molecule has 1 atom stereocenters. The minimum Gasteiger partial charge on any atom is -0.493 e. The normalized spacial score (nSPS) is 18.9. The Morgan fingerprint density at radius 2 is 1.94 bits per heavy atom. The lowest BCUT2D eigenvalue weighted by atomic mass is 9.83. The number of nitrogens with one attached hydrogen (secondary N) is 1. The zero-order chi connectivity index (χ0) is 24.2. The number of anilines is 2. The molecule has 0 spiro atoms. The fourth-order valence-corrected chi connectivity index (χ4v) is 4.39. The molecular weight excluding hydrogens is 463 g/mol. The predicted octanol–water partition coefficient (Wildman–Crippen LogP) is 4.61. The second-order valence-corrected chi connectivity index (χ2v) is 8.58. The lowest BCUT2D eigenvalue weighted by Gasteiger charge is -2.31. The zero-order valence-electron chi connectivity index (χ0n) is 18.9. The first-order valence-corrected chi connectivity index (χ1v) is 11.3. The Labute approximate surface area is 201 Å². The number of methoxy groups -OCH3 is 2. The van der Waals surface area contributed by atoms with Crippen LogP contribution in [0.15, 0.2) is 36.7 Å². The molecule has 1 heterocycles. The van der Waals surface area contributed by atoms with Crippen LogP contribution in [-0.4, -0.2) is 42.3 Å². The van der Waals surface area contributed by atoms with Gasteiger partial charge in [-0.25, -0.2) is 14.4 Å². The van der Waals surface area contributed by atoms with Crippen LogP contribution in [-0.2, 0) is 9.53 Å². The maximum atomic E-state index is 14.4. The van der Waals surface area contributed by atoms with Crippen molar-refractivity contribution >= 4 is 40.0 Å². The summed E-state index contributed by atoms with van der Waals surface area (Å²) < 4.78 is 31.0. The fraction of sp³-hybridized carbons (Fsp3) is 0.375. The van der Waals surface area contributed by atoms with E-state index in [9.17, 15) is 9.18 Å². The van der Waals surface area contributed by atoms with E-state index in [-0.39, 0.29) is 22.7 Å². The van der Waals surface area contributed by atoms with E-state index in [1.807, 2.05) is 0 Å². The van der Waals surface area contributed by atoms with Crippen molar-refractivity contribution in [3.63, 3.8) is 0 Å². The van der Waals surface area contributed by atoms with Crippen LogP contribution in [0.2, 0.25) is 5.02 Å². The van der Waals surface area contributed by atoms with E-state index < -0.39 is 17.8 Å². The third kappa shape index (κ3) is 5.00. The number of rotatable bonds is 7. The molecule has 34 heavy (non-hydrogen) atoms. The van der Waals surface area contributed by atoms with Crippen LogP contribution in [0.1, 0.15) is 25.7 Å². The van der Waals surface area contributed by atoms with E-state index >= 15 is 0 Å². The quantitative estimate of drug-likeness (QED) is 0.464. The second kappa shape index (κ2) is 10.4. The second-order valence-electron chi connectivity index (χ2n) is 8.17. The van der Waals surface area contributed by atoms with Gasteiger partial charge in [-0.2, -0.15) is 0 Å². The molecule has 3 aromatic rings. The molecule has 0 amide bonds. The minimum absolute atomic E-state index is 0.0107. The molecule has 0 aliphatic heterocycles. The summed E-state index contributed by atoms with van der Waals surface area (Å²) in [6, 6.07) is 7.61. The molecule has 1 fully saturated rings. The predicted molar refractivity (Wildman–Crippen MR) is 127 cm³/mol. The molecule has 1 saturated carbocycles. The molecule has 3 N–H and O–H groups in total. The smallest absolute Gasteiger partial charge is 0.322 e. The first kappa shape index (κ1) is 24.0. The van der Waals surface area contributed by atoms with Gasteiger partial charge < -0.3 is 25.3 Å². The third-order valence-electron chi connectivity index (χ3n) is 6.12. The van der Waals surface area contributed by atoms with Crippen molar-refractivity contribution in [3.8, 4) is 11.5 Å². The summed E-state index contributed by atoms with van der Waals surface area (Å²) >= 11 is 5.91. The summed E-state index contributed by atoms with van der Waals surface area (Å²) in [7, 11) is 2.90. The highest BCUT2D eigenvalue weighted by Gasteiger charge is 2.31. The van der Waals surface area contributed by atoms with Gasteiger partial charge in [0.15, 0.2) is 17.3 Å². The molecular formula is C24H26ClFN4O4. The topological polar surface area (TPSA) is 109 Å². The Balaban J connectivity index is 1.57. The largest absolute Gasteiger partial charge is 0.493 e. The summed E-state index contributed by atoms with van der Waals surface area (Å²) in [5.74, 6) is 0.563. The molecule has 8 nitrogen and oxygen atoms in total.